The number of amides is 1. The molecule has 0 bridgehead atoms. The van der Waals surface area contributed by atoms with Gasteiger partial charge in [-0.3, -0.25) is 4.79 Å². The zero-order valence-corrected chi connectivity index (χ0v) is 16.1. The first-order chi connectivity index (χ1) is 12.4. The predicted molar refractivity (Wildman–Crippen MR) is 100 cm³/mol. The number of hydrogen-bond donors (Lipinski definition) is 2. The Bertz CT molecular complexity index is 772. The third kappa shape index (κ3) is 4.02. The molecule has 0 aromatic rings. The van der Waals surface area contributed by atoms with E-state index in [0.717, 1.165) is 32.0 Å². The summed E-state index contributed by atoms with van der Waals surface area (Å²) >= 11 is 0. The van der Waals surface area contributed by atoms with E-state index in [-0.39, 0.29) is 22.5 Å². The van der Waals surface area contributed by atoms with Crippen LogP contribution in [0, 0.1) is 5.92 Å². The van der Waals surface area contributed by atoms with Crippen LogP contribution < -0.4 is 11.1 Å². The highest BCUT2D eigenvalue weighted by Crippen LogP contribution is 2.31. The third-order valence-corrected chi connectivity index (χ3v) is 6.13. The smallest absolute Gasteiger partial charge is 0.250 e. The largest absolute Gasteiger partial charge is 0.397 e. The normalized spacial score (nSPS) is 26.8. The maximum atomic E-state index is 12.8. The zero-order chi connectivity index (χ0) is 18.8. The highest BCUT2D eigenvalue weighted by molar-refractivity contribution is 7.73. The van der Waals surface area contributed by atoms with E-state index in [1.54, 1.807) is 6.08 Å². The lowest BCUT2D eigenvalue weighted by atomic mass is 9.91. The molecule has 144 valence electrons. The van der Waals surface area contributed by atoms with Crippen molar-refractivity contribution in [1.29, 1.82) is 0 Å². The highest BCUT2D eigenvalue weighted by Gasteiger charge is 2.35. The van der Waals surface area contributed by atoms with Crippen LogP contribution in [-0.2, 0) is 19.8 Å². The lowest BCUT2D eigenvalue weighted by Crippen LogP contribution is -2.44. The average molecular weight is 381 g/mol. The summed E-state index contributed by atoms with van der Waals surface area (Å²) in [6.45, 7) is 4.82. The molecule has 1 saturated heterocycles. The fourth-order valence-corrected chi connectivity index (χ4v) is 4.43. The number of rotatable bonds is 6. The summed E-state index contributed by atoms with van der Waals surface area (Å²) in [5.74, 6) is 0.546. The van der Waals surface area contributed by atoms with Crippen LogP contribution in [0.15, 0.2) is 22.9 Å². The van der Waals surface area contributed by atoms with E-state index in [1.165, 1.54) is 20.0 Å². The second kappa shape index (κ2) is 7.94. The molecule has 2 atom stereocenters. The van der Waals surface area contributed by atoms with Gasteiger partial charge in [0.2, 0.25) is 10.3 Å². The summed E-state index contributed by atoms with van der Waals surface area (Å²) < 4.78 is 28.7. The molecule has 3 rings (SSSR count). The van der Waals surface area contributed by atoms with Gasteiger partial charge in [-0.15, -0.1) is 0 Å². The van der Waals surface area contributed by atoms with Crippen molar-refractivity contribution in [3.63, 3.8) is 0 Å². The summed E-state index contributed by atoms with van der Waals surface area (Å²) in [6.07, 6.45) is 4.78. The molecule has 1 heterocycles. The highest BCUT2D eigenvalue weighted by atomic mass is 32.2. The maximum Gasteiger partial charge on any atom is 0.250 e. The molecule has 2 fully saturated rings. The Hall–Kier alpha value is -1.64. The van der Waals surface area contributed by atoms with Crippen molar-refractivity contribution in [2.45, 2.75) is 44.8 Å². The number of carbonyl (C=O) groups excluding carboxylic acids is 1. The van der Waals surface area contributed by atoms with E-state index in [4.69, 9.17) is 10.5 Å². The van der Waals surface area contributed by atoms with Gasteiger partial charge in [-0.05, 0) is 43.3 Å². The van der Waals surface area contributed by atoms with Crippen molar-refractivity contribution >= 4 is 21.1 Å². The number of ether oxygens (including phenoxy) is 1. The number of carbonyl (C=O) groups is 1. The van der Waals surface area contributed by atoms with Crippen molar-refractivity contribution in [3.05, 3.63) is 22.9 Å². The van der Waals surface area contributed by atoms with Gasteiger partial charge >= 0.3 is 0 Å². The molecule has 1 amide bonds. The van der Waals surface area contributed by atoms with Gasteiger partial charge in [0.05, 0.1) is 11.3 Å². The van der Waals surface area contributed by atoms with E-state index in [9.17, 15) is 13.2 Å². The van der Waals surface area contributed by atoms with Crippen LogP contribution in [0.5, 0.6) is 0 Å². The molecule has 1 aliphatic heterocycles. The van der Waals surface area contributed by atoms with Crippen LogP contribution in [-0.4, -0.2) is 63.0 Å². The summed E-state index contributed by atoms with van der Waals surface area (Å²) in [5, 5.41) is 3.05. The quantitative estimate of drug-likeness (QED) is 0.638. The fraction of sp³-hybridized carbons (Fsp3) is 0.667. The van der Waals surface area contributed by atoms with Gasteiger partial charge in [-0.2, -0.15) is 8.42 Å². The molecule has 1 saturated carbocycles. The number of hydrogen-bond acceptors (Lipinski definition) is 6. The number of likely N-dealkylation sites (tertiary alicyclic amines) is 1. The first-order valence-corrected chi connectivity index (χ1v) is 10.2. The van der Waals surface area contributed by atoms with Crippen LogP contribution in [0.1, 0.15) is 32.6 Å². The second-order valence-electron chi connectivity index (χ2n) is 7.27. The first-order valence-electron chi connectivity index (χ1n) is 9.17. The molecule has 3 aliphatic rings. The average Bonchev–Trinajstić information content (AvgIpc) is 3.31. The molecule has 0 spiro atoms. The monoisotopic (exact) mass is 381 g/mol. The number of nitrogens with zero attached hydrogens (tertiary/aromatic N) is 1. The lowest BCUT2D eigenvalue weighted by Gasteiger charge is -2.26. The number of nitrogens with two attached hydrogens (primary N) is 1. The van der Waals surface area contributed by atoms with Gasteiger partial charge in [0.15, 0.2) is 0 Å². The minimum Gasteiger partial charge on any atom is -0.397 e. The maximum absolute atomic E-state index is 12.8. The van der Waals surface area contributed by atoms with Gasteiger partial charge < -0.3 is 20.7 Å². The molecule has 0 aromatic carbocycles. The minimum absolute atomic E-state index is 0.0567. The Labute approximate surface area is 155 Å². The van der Waals surface area contributed by atoms with Crippen LogP contribution in [0.2, 0.25) is 0 Å². The van der Waals surface area contributed by atoms with Gasteiger partial charge in [0.1, 0.15) is 11.0 Å². The topological polar surface area (TPSA) is 102 Å². The van der Waals surface area contributed by atoms with E-state index < -0.39 is 16.4 Å². The molecular formula is C18H27N3O4S. The Morgan fingerprint density at radius 2 is 2.12 bits per heavy atom. The second-order valence-corrected chi connectivity index (χ2v) is 8.18. The fourth-order valence-electron chi connectivity index (χ4n) is 3.72. The van der Waals surface area contributed by atoms with Crippen LogP contribution in [0.4, 0.5) is 0 Å². The van der Waals surface area contributed by atoms with Crippen molar-refractivity contribution in [3.8, 4) is 0 Å². The lowest BCUT2D eigenvalue weighted by molar-refractivity contribution is -0.118. The van der Waals surface area contributed by atoms with Crippen molar-refractivity contribution in [2.75, 3.05) is 26.7 Å². The number of allylic oxidation sites excluding steroid dienone is 2. The molecular weight excluding hydrogens is 354 g/mol. The van der Waals surface area contributed by atoms with Crippen molar-refractivity contribution in [1.82, 2.24) is 10.2 Å². The van der Waals surface area contributed by atoms with Gasteiger partial charge in [0, 0.05) is 32.8 Å². The van der Waals surface area contributed by atoms with Gasteiger partial charge in [0.25, 0.3) is 5.91 Å². The SMILES string of the molecule is CCC1=C(N)C(=S(=O)=O)C(OC)C(C(=O)NC2CCN(CC3CC3)C2)=C1. The summed E-state index contributed by atoms with van der Waals surface area (Å²) in [7, 11) is -1.17. The Morgan fingerprint density at radius 3 is 2.69 bits per heavy atom. The van der Waals surface area contributed by atoms with E-state index >= 15 is 0 Å². The van der Waals surface area contributed by atoms with Gasteiger partial charge in [-0.25, -0.2) is 0 Å². The molecule has 3 N–H and O–H groups in total. The molecule has 7 nitrogen and oxygen atoms in total. The Morgan fingerprint density at radius 1 is 1.38 bits per heavy atom. The molecule has 26 heavy (non-hydrogen) atoms. The number of methoxy groups -OCH3 is 1. The summed E-state index contributed by atoms with van der Waals surface area (Å²) in [6, 6.07) is 0.0779. The van der Waals surface area contributed by atoms with Crippen molar-refractivity contribution < 1.29 is 17.9 Å². The van der Waals surface area contributed by atoms with Gasteiger partial charge in [-0.1, -0.05) is 6.92 Å². The molecule has 2 unspecified atom stereocenters. The Kier molecular flexibility index (Phi) is 5.84. The van der Waals surface area contributed by atoms with E-state index in [2.05, 4.69) is 10.2 Å². The molecule has 0 radical (unpaired) electrons. The first kappa shape index (κ1) is 19.1. The van der Waals surface area contributed by atoms with Crippen LogP contribution in [0.25, 0.3) is 0 Å². The standard InChI is InChI=1S/C18H27N3O4S/c1-3-12-8-14(16(25-2)17(15(12)19)26(23)24)18(22)20-13-6-7-21(10-13)9-11-4-5-11/h8,11,13,16H,3-7,9-10,19H2,1-2H3,(H,20,22). The summed E-state index contributed by atoms with van der Waals surface area (Å²) in [4.78, 5) is 15.2. The van der Waals surface area contributed by atoms with E-state index in [1.807, 2.05) is 6.92 Å². The Balaban J connectivity index is 1.75. The van der Waals surface area contributed by atoms with Crippen LogP contribution in [0.3, 0.4) is 0 Å². The molecule has 0 aromatic heterocycles. The third-order valence-electron chi connectivity index (χ3n) is 5.34. The minimum atomic E-state index is -2.55. The van der Waals surface area contributed by atoms with E-state index in [0.29, 0.717) is 17.6 Å². The van der Waals surface area contributed by atoms with Crippen LogP contribution >= 0.6 is 0 Å². The number of nitrogens with one attached hydrogen (secondary N) is 1. The zero-order valence-electron chi connectivity index (χ0n) is 15.3. The summed E-state index contributed by atoms with van der Waals surface area (Å²) in [5.41, 5.74) is 7.11. The van der Waals surface area contributed by atoms with Crippen molar-refractivity contribution in [2.24, 2.45) is 11.7 Å². The predicted octanol–water partition coefficient (Wildman–Crippen LogP) is 0.216. The molecule has 2 aliphatic carbocycles. The molecule has 8 heteroatoms.